The zero-order valence-corrected chi connectivity index (χ0v) is 16.1. The second kappa shape index (κ2) is 5.99. The molecule has 1 unspecified atom stereocenters. The highest BCUT2D eigenvalue weighted by Gasteiger charge is 2.59. The molecule has 0 aliphatic heterocycles. The van der Waals surface area contributed by atoms with E-state index >= 15 is 0 Å². The van der Waals surface area contributed by atoms with Crippen molar-refractivity contribution in [3.63, 3.8) is 0 Å². The number of amides is 1. The minimum Gasteiger partial charge on any atom is -0.411 e. The summed E-state index contributed by atoms with van der Waals surface area (Å²) in [4.78, 5) is 11.5. The number of hydrogen-bond acceptors (Lipinski definition) is 3. The lowest BCUT2D eigenvalue weighted by Gasteiger charge is -2.60. The Bertz CT molecular complexity index is 588. The van der Waals surface area contributed by atoms with Crippen molar-refractivity contribution in [2.75, 3.05) is 0 Å². The van der Waals surface area contributed by atoms with E-state index in [0.29, 0.717) is 17.4 Å². The van der Waals surface area contributed by atoms with Crippen LogP contribution in [0.5, 0.6) is 0 Å². The van der Waals surface area contributed by atoms with Crippen molar-refractivity contribution < 1.29 is 10.0 Å². The molecule has 0 heterocycles. The van der Waals surface area contributed by atoms with Gasteiger partial charge in [-0.15, -0.1) is 0 Å². The largest absolute Gasteiger partial charge is 0.411 e. The highest BCUT2D eigenvalue weighted by atomic mass is 16.4. The second-order valence-corrected chi connectivity index (χ2v) is 9.87. The van der Waals surface area contributed by atoms with E-state index in [2.05, 4.69) is 24.3 Å². The van der Waals surface area contributed by atoms with Gasteiger partial charge in [-0.2, -0.15) is 0 Å². The predicted octanol–water partition coefficient (Wildman–Crippen LogP) is 4.36. The van der Waals surface area contributed by atoms with Crippen LogP contribution in [0.15, 0.2) is 5.16 Å². The molecule has 1 amide bonds. The fourth-order valence-electron chi connectivity index (χ4n) is 7.63. The van der Waals surface area contributed by atoms with Gasteiger partial charge in [0.2, 0.25) is 5.91 Å². The van der Waals surface area contributed by atoms with Gasteiger partial charge in [0, 0.05) is 18.4 Å². The lowest BCUT2D eigenvalue weighted by molar-refractivity contribution is -0.122. The summed E-state index contributed by atoms with van der Waals surface area (Å²) in [6.45, 7) is 6.56. The van der Waals surface area contributed by atoms with Crippen LogP contribution in [0.1, 0.15) is 78.6 Å². The van der Waals surface area contributed by atoms with Crippen LogP contribution in [0.2, 0.25) is 0 Å². The van der Waals surface area contributed by atoms with Gasteiger partial charge in [0.1, 0.15) is 0 Å². The second-order valence-electron chi connectivity index (χ2n) is 9.87. The maximum Gasteiger partial charge on any atom is 0.217 e. The van der Waals surface area contributed by atoms with E-state index in [9.17, 15) is 10.0 Å². The smallest absolute Gasteiger partial charge is 0.217 e. The molecule has 0 saturated heterocycles. The molecule has 0 aromatic rings. The molecule has 4 nitrogen and oxygen atoms in total. The maximum absolute atomic E-state index is 11.5. The molecule has 4 saturated carbocycles. The number of carbonyl (C=O) groups excluding carboxylic acids is 1. The van der Waals surface area contributed by atoms with E-state index in [1.165, 1.54) is 44.9 Å². The summed E-state index contributed by atoms with van der Waals surface area (Å²) in [6, 6.07) is 0.389. The van der Waals surface area contributed by atoms with Gasteiger partial charge >= 0.3 is 0 Å². The van der Waals surface area contributed by atoms with Crippen LogP contribution in [0.3, 0.4) is 0 Å². The molecule has 0 aromatic carbocycles. The van der Waals surface area contributed by atoms with E-state index in [4.69, 9.17) is 0 Å². The maximum atomic E-state index is 11.5. The Labute approximate surface area is 151 Å². The molecule has 0 bridgehead atoms. The van der Waals surface area contributed by atoms with E-state index < -0.39 is 0 Å². The molecule has 4 aliphatic rings. The molecule has 4 fully saturated rings. The zero-order chi connectivity index (χ0) is 17.8. The topological polar surface area (TPSA) is 61.7 Å². The third-order valence-corrected chi connectivity index (χ3v) is 8.93. The first-order valence-electron chi connectivity index (χ1n) is 10.4. The highest BCUT2D eigenvalue weighted by molar-refractivity contribution is 5.91. The average molecular weight is 347 g/mol. The van der Waals surface area contributed by atoms with Crippen molar-refractivity contribution >= 4 is 11.6 Å². The van der Waals surface area contributed by atoms with Crippen molar-refractivity contribution in [3.8, 4) is 0 Å². The molecule has 7 atom stereocenters. The predicted molar refractivity (Wildman–Crippen MR) is 98.6 cm³/mol. The fourth-order valence-corrected chi connectivity index (χ4v) is 7.63. The Morgan fingerprint density at radius 2 is 1.92 bits per heavy atom. The van der Waals surface area contributed by atoms with E-state index in [1.807, 2.05) is 0 Å². The molecule has 0 spiro atoms. The summed E-state index contributed by atoms with van der Waals surface area (Å²) < 4.78 is 0. The van der Waals surface area contributed by atoms with Crippen LogP contribution in [0, 0.1) is 34.5 Å². The first-order valence-corrected chi connectivity index (χ1v) is 10.4. The minimum absolute atomic E-state index is 0.123. The third kappa shape index (κ3) is 2.54. The van der Waals surface area contributed by atoms with Crippen LogP contribution < -0.4 is 5.32 Å². The molecule has 140 valence electrons. The van der Waals surface area contributed by atoms with E-state index in [0.717, 1.165) is 36.3 Å². The molecule has 4 aliphatic carbocycles. The van der Waals surface area contributed by atoms with Crippen molar-refractivity contribution in [1.82, 2.24) is 5.32 Å². The summed E-state index contributed by atoms with van der Waals surface area (Å²) in [7, 11) is 0. The quantitative estimate of drug-likeness (QED) is 0.547. The molecule has 4 rings (SSSR count). The highest BCUT2D eigenvalue weighted by Crippen LogP contribution is 2.65. The first kappa shape index (κ1) is 17.4. The normalized spacial score (nSPS) is 50.7. The van der Waals surface area contributed by atoms with Gasteiger partial charge in [-0.1, -0.05) is 19.0 Å². The SMILES string of the molecule is CC(=O)NC1CC[C@@]2(C)[C@@H](CC[C@@H]3[C@@H]2CC[C@]2(C)C(=NO)CC[C@@H]32)C1. The fraction of sp³-hybridized carbons (Fsp3) is 0.905. The monoisotopic (exact) mass is 346 g/mol. The van der Waals surface area contributed by atoms with Crippen molar-refractivity contribution in [3.05, 3.63) is 0 Å². The van der Waals surface area contributed by atoms with Crippen LogP contribution in [0.25, 0.3) is 0 Å². The van der Waals surface area contributed by atoms with Crippen LogP contribution in [0.4, 0.5) is 0 Å². The van der Waals surface area contributed by atoms with Crippen molar-refractivity contribution in [1.29, 1.82) is 0 Å². The van der Waals surface area contributed by atoms with Crippen LogP contribution >= 0.6 is 0 Å². The van der Waals surface area contributed by atoms with Gasteiger partial charge in [-0.3, -0.25) is 4.79 Å². The Hall–Kier alpha value is -1.06. The Morgan fingerprint density at radius 3 is 2.64 bits per heavy atom. The van der Waals surface area contributed by atoms with Gasteiger partial charge in [0.25, 0.3) is 0 Å². The van der Waals surface area contributed by atoms with Gasteiger partial charge in [0.05, 0.1) is 5.71 Å². The van der Waals surface area contributed by atoms with Crippen molar-refractivity contribution in [2.45, 2.75) is 84.6 Å². The van der Waals surface area contributed by atoms with Gasteiger partial charge < -0.3 is 10.5 Å². The summed E-state index contributed by atoms with van der Waals surface area (Å²) in [5.41, 5.74) is 1.66. The zero-order valence-electron chi connectivity index (χ0n) is 16.1. The van der Waals surface area contributed by atoms with E-state index in [1.54, 1.807) is 6.92 Å². The molecular weight excluding hydrogens is 312 g/mol. The molecule has 4 heteroatoms. The molecule has 0 radical (unpaired) electrons. The summed E-state index contributed by atoms with van der Waals surface area (Å²) >= 11 is 0. The minimum atomic E-state index is 0.123. The van der Waals surface area contributed by atoms with Gasteiger partial charge in [0.15, 0.2) is 0 Å². The van der Waals surface area contributed by atoms with Gasteiger partial charge in [-0.05, 0) is 86.9 Å². The van der Waals surface area contributed by atoms with Crippen LogP contribution in [-0.4, -0.2) is 22.9 Å². The Kier molecular flexibility index (Phi) is 4.16. The summed E-state index contributed by atoms with van der Waals surface area (Å²) in [6.07, 6.45) is 10.9. The number of rotatable bonds is 1. The standard InChI is InChI=1S/C21H34N2O2/c1-13(24)22-15-8-10-20(2)14(12-15)4-5-16-17-6-7-19(23-25)21(17,3)11-9-18(16)20/h14-18,25H,4-12H2,1-3H3,(H,22,24)/t14-,15?,16-,17-,18-,20-,21-/m0/s1. The number of nitrogens with zero attached hydrogens (tertiary/aromatic N) is 1. The molecule has 2 N–H and O–H groups in total. The first-order chi connectivity index (χ1) is 11.9. The number of nitrogens with one attached hydrogen (secondary N) is 1. The summed E-state index contributed by atoms with van der Waals surface area (Å²) in [5.74, 6) is 3.22. The molecular formula is C21H34N2O2. The Morgan fingerprint density at radius 1 is 1.12 bits per heavy atom. The van der Waals surface area contributed by atoms with E-state index in [-0.39, 0.29) is 11.3 Å². The molecule has 0 aromatic heterocycles. The average Bonchev–Trinajstić information content (AvgIpc) is 2.91. The lowest BCUT2D eigenvalue weighted by Crippen LogP contribution is -2.55. The van der Waals surface area contributed by atoms with Crippen LogP contribution in [-0.2, 0) is 4.79 Å². The lowest BCUT2D eigenvalue weighted by atomic mass is 9.45. The Balaban J connectivity index is 1.55. The molecule has 25 heavy (non-hydrogen) atoms. The van der Waals surface area contributed by atoms with Crippen molar-refractivity contribution in [2.24, 2.45) is 39.7 Å². The summed E-state index contributed by atoms with van der Waals surface area (Å²) in [5, 5.41) is 16.3. The number of hydrogen-bond donors (Lipinski definition) is 2. The number of carbonyl (C=O) groups is 1. The van der Waals surface area contributed by atoms with Gasteiger partial charge in [-0.25, -0.2) is 0 Å². The number of oxime groups is 1. The number of fused-ring (bicyclic) bond motifs is 5. The third-order valence-electron chi connectivity index (χ3n) is 8.93.